The number of amides is 2. The smallest absolute Gasteiger partial charge is 0.291 e. The van der Waals surface area contributed by atoms with Crippen molar-refractivity contribution in [3.05, 3.63) is 70.5 Å². The third-order valence-corrected chi connectivity index (χ3v) is 4.31. The van der Waals surface area contributed by atoms with E-state index in [0.717, 1.165) is 15.8 Å². The highest BCUT2D eigenvalue weighted by Gasteiger charge is 2.15. The minimum Gasteiger partial charge on any atom is -0.495 e. The molecule has 8 nitrogen and oxygen atoms in total. The second-order valence-electron chi connectivity index (χ2n) is 6.70. The van der Waals surface area contributed by atoms with Gasteiger partial charge in [0.1, 0.15) is 18.0 Å². The lowest BCUT2D eigenvalue weighted by Gasteiger charge is -2.13. The number of nitrogens with zero attached hydrogens (tertiary/aromatic N) is 2. The molecule has 0 atom stereocenters. The Bertz CT molecular complexity index is 1140. The summed E-state index contributed by atoms with van der Waals surface area (Å²) in [5.41, 5.74) is 2.25. The molecule has 0 aliphatic rings. The van der Waals surface area contributed by atoms with Crippen molar-refractivity contribution in [1.82, 2.24) is 9.78 Å². The number of carbonyl (C=O) groups is 2. The van der Waals surface area contributed by atoms with Crippen LogP contribution in [0.1, 0.15) is 12.5 Å². The first-order chi connectivity index (χ1) is 14.4. The summed E-state index contributed by atoms with van der Waals surface area (Å²) < 4.78 is 6.26. The molecule has 0 fully saturated rings. The average molecular weight is 406 g/mol. The van der Waals surface area contributed by atoms with Crippen molar-refractivity contribution in [3.8, 4) is 17.0 Å². The summed E-state index contributed by atoms with van der Waals surface area (Å²) in [6.07, 6.45) is 0. The van der Waals surface area contributed by atoms with E-state index in [1.54, 1.807) is 24.3 Å². The summed E-state index contributed by atoms with van der Waals surface area (Å²) in [7, 11) is 1.50. The third-order valence-electron chi connectivity index (χ3n) is 4.31. The molecule has 0 spiro atoms. The molecule has 3 aromatic rings. The quantitative estimate of drug-likeness (QED) is 0.655. The van der Waals surface area contributed by atoms with Crippen LogP contribution in [0.2, 0.25) is 0 Å². The van der Waals surface area contributed by atoms with Crippen LogP contribution in [0.15, 0.2) is 59.4 Å². The molecule has 0 unspecified atom stereocenters. The molecule has 2 aromatic carbocycles. The molecule has 8 heteroatoms. The van der Waals surface area contributed by atoms with Gasteiger partial charge < -0.3 is 15.4 Å². The van der Waals surface area contributed by atoms with Crippen molar-refractivity contribution in [2.24, 2.45) is 0 Å². The fourth-order valence-corrected chi connectivity index (χ4v) is 2.87. The molecule has 0 saturated heterocycles. The molecule has 2 amide bonds. The first-order valence-electron chi connectivity index (χ1n) is 9.27. The van der Waals surface area contributed by atoms with Gasteiger partial charge in [-0.05, 0) is 25.1 Å². The van der Waals surface area contributed by atoms with E-state index in [1.807, 2.05) is 31.2 Å². The summed E-state index contributed by atoms with van der Waals surface area (Å²) in [6.45, 7) is 2.94. The summed E-state index contributed by atoms with van der Waals surface area (Å²) in [4.78, 5) is 36.8. The Morgan fingerprint density at radius 2 is 1.73 bits per heavy atom. The normalized spacial score (nSPS) is 10.4. The summed E-state index contributed by atoms with van der Waals surface area (Å²) in [5.74, 6) is -0.347. The van der Waals surface area contributed by atoms with E-state index >= 15 is 0 Å². The molecule has 0 aliphatic heterocycles. The second-order valence-corrected chi connectivity index (χ2v) is 6.70. The van der Waals surface area contributed by atoms with Gasteiger partial charge in [0.25, 0.3) is 5.56 Å². The Balaban J connectivity index is 1.95. The topological polar surface area (TPSA) is 102 Å². The van der Waals surface area contributed by atoms with Crippen LogP contribution in [0.4, 0.5) is 11.4 Å². The zero-order chi connectivity index (χ0) is 21.7. The maximum absolute atomic E-state index is 12.7. The van der Waals surface area contributed by atoms with Crippen molar-refractivity contribution in [3.63, 3.8) is 0 Å². The minimum atomic E-state index is -0.573. The number of aromatic nitrogens is 2. The van der Waals surface area contributed by atoms with Gasteiger partial charge in [0, 0.05) is 12.5 Å². The van der Waals surface area contributed by atoms with E-state index in [2.05, 4.69) is 15.7 Å². The Morgan fingerprint density at radius 3 is 2.40 bits per heavy atom. The van der Waals surface area contributed by atoms with Crippen LogP contribution in [-0.2, 0) is 16.1 Å². The lowest BCUT2D eigenvalue weighted by molar-refractivity contribution is -0.117. The highest BCUT2D eigenvalue weighted by molar-refractivity contribution is 5.92. The number of para-hydroxylation sites is 2. The first kappa shape index (κ1) is 20.8. The lowest BCUT2D eigenvalue weighted by Crippen LogP contribution is -2.32. The Labute approximate surface area is 173 Å². The number of hydrogen-bond acceptors (Lipinski definition) is 5. The van der Waals surface area contributed by atoms with Crippen molar-refractivity contribution < 1.29 is 14.3 Å². The molecule has 0 radical (unpaired) electrons. The molecule has 0 saturated carbocycles. The summed E-state index contributed by atoms with van der Waals surface area (Å²) in [6, 6.07) is 16.0. The molecule has 0 bridgehead atoms. The molecule has 3 rings (SSSR count). The largest absolute Gasteiger partial charge is 0.495 e. The van der Waals surface area contributed by atoms with Crippen LogP contribution >= 0.6 is 0 Å². The zero-order valence-corrected chi connectivity index (χ0v) is 16.9. The Morgan fingerprint density at radius 1 is 1.03 bits per heavy atom. The van der Waals surface area contributed by atoms with Gasteiger partial charge in [-0.2, -0.15) is 5.10 Å². The van der Waals surface area contributed by atoms with Gasteiger partial charge in [-0.25, -0.2) is 4.68 Å². The van der Waals surface area contributed by atoms with Gasteiger partial charge in [0.05, 0.1) is 18.5 Å². The first-order valence-corrected chi connectivity index (χ1v) is 9.27. The van der Waals surface area contributed by atoms with E-state index in [4.69, 9.17) is 4.74 Å². The number of hydrogen-bond donors (Lipinski definition) is 2. The van der Waals surface area contributed by atoms with Crippen LogP contribution in [0.5, 0.6) is 5.75 Å². The van der Waals surface area contributed by atoms with E-state index in [1.165, 1.54) is 20.1 Å². The molecule has 1 aromatic heterocycles. The van der Waals surface area contributed by atoms with E-state index in [9.17, 15) is 14.4 Å². The molecule has 154 valence electrons. The zero-order valence-electron chi connectivity index (χ0n) is 16.9. The van der Waals surface area contributed by atoms with Crippen molar-refractivity contribution in [2.45, 2.75) is 20.4 Å². The average Bonchev–Trinajstić information content (AvgIpc) is 2.71. The van der Waals surface area contributed by atoms with Gasteiger partial charge in [0.15, 0.2) is 0 Å². The number of methoxy groups -OCH3 is 1. The number of nitrogens with one attached hydrogen (secondary N) is 2. The maximum Gasteiger partial charge on any atom is 0.291 e. The second kappa shape index (κ2) is 9.04. The van der Waals surface area contributed by atoms with Gasteiger partial charge in [-0.1, -0.05) is 42.0 Å². The van der Waals surface area contributed by atoms with Crippen LogP contribution in [0.25, 0.3) is 11.3 Å². The van der Waals surface area contributed by atoms with Crippen LogP contribution in [0.3, 0.4) is 0 Å². The van der Waals surface area contributed by atoms with E-state index < -0.39 is 17.4 Å². The highest BCUT2D eigenvalue weighted by atomic mass is 16.5. The van der Waals surface area contributed by atoms with Crippen LogP contribution in [0, 0.1) is 6.92 Å². The standard InChI is InChI=1S/C22H22N4O4/c1-14-8-10-16(11-9-14)18-12-19(23-15(2)27)22(29)26(25-18)13-21(28)24-17-6-4-5-7-20(17)30-3/h4-12H,13H2,1-3H3,(H,23,27)(H,24,28). The predicted octanol–water partition coefficient (Wildman–Crippen LogP) is 2.82. The lowest BCUT2D eigenvalue weighted by atomic mass is 10.1. The van der Waals surface area contributed by atoms with E-state index in [-0.39, 0.29) is 12.2 Å². The molecule has 2 N–H and O–H groups in total. The molecule has 1 heterocycles. The summed E-state index contributed by atoms with van der Waals surface area (Å²) >= 11 is 0. The number of benzene rings is 2. The van der Waals surface area contributed by atoms with Crippen molar-refractivity contribution in [2.75, 3.05) is 17.7 Å². The van der Waals surface area contributed by atoms with Gasteiger partial charge in [-0.3, -0.25) is 14.4 Å². The molecular weight excluding hydrogens is 384 g/mol. The molecular formula is C22H22N4O4. The fourth-order valence-electron chi connectivity index (χ4n) is 2.87. The number of carbonyl (C=O) groups excluding carboxylic acids is 2. The number of rotatable bonds is 6. The molecule has 0 aliphatic carbocycles. The number of ether oxygens (including phenoxy) is 1. The van der Waals surface area contributed by atoms with Gasteiger partial charge >= 0.3 is 0 Å². The van der Waals surface area contributed by atoms with Gasteiger partial charge in [0.2, 0.25) is 11.8 Å². The SMILES string of the molecule is COc1ccccc1NC(=O)Cn1nc(-c2ccc(C)cc2)cc(NC(C)=O)c1=O. The van der Waals surface area contributed by atoms with Crippen molar-refractivity contribution in [1.29, 1.82) is 0 Å². The van der Waals surface area contributed by atoms with Crippen molar-refractivity contribution >= 4 is 23.2 Å². The monoisotopic (exact) mass is 406 g/mol. The van der Waals surface area contributed by atoms with Gasteiger partial charge in [-0.15, -0.1) is 0 Å². The third kappa shape index (κ3) is 4.91. The number of anilines is 2. The minimum absolute atomic E-state index is 0.0539. The highest BCUT2D eigenvalue weighted by Crippen LogP contribution is 2.23. The maximum atomic E-state index is 12.7. The van der Waals surface area contributed by atoms with Crippen LogP contribution < -0.4 is 20.9 Å². The Kier molecular flexibility index (Phi) is 6.26. The fraction of sp³-hybridized carbons (Fsp3) is 0.182. The van der Waals surface area contributed by atoms with E-state index in [0.29, 0.717) is 17.1 Å². The molecule has 30 heavy (non-hydrogen) atoms. The Hall–Kier alpha value is -3.94. The number of aryl methyl sites for hydroxylation is 1. The van der Waals surface area contributed by atoms with Crippen LogP contribution in [-0.4, -0.2) is 28.7 Å². The summed E-state index contributed by atoms with van der Waals surface area (Å²) in [5, 5.41) is 9.55. The predicted molar refractivity (Wildman–Crippen MR) is 115 cm³/mol.